The fourth-order valence-corrected chi connectivity index (χ4v) is 2.54. The van der Waals surface area contributed by atoms with Gasteiger partial charge >= 0.3 is 0 Å². The molecule has 1 rings (SSSR count). The zero-order valence-corrected chi connectivity index (χ0v) is 17.8. The highest BCUT2D eigenvalue weighted by Crippen LogP contribution is 2.05. The standard InChI is InChI=1S/C26H33NO3/c1-3-4-5-11-17-23-18-12-9-7-6-8-10-13-19-24(28)25(29)21-22(2)16-14-15-20-26(30)27-23/h3-16,19-21,23-25,28-29H,17-18H2,1-2H3,(H,27,30)/b4-3+,7-6+,10-8+,11-5+,12-9+,16-14+,19-13-,20-15+,22-21+. The van der Waals surface area contributed by atoms with Crippen LogP contribution < -0.4 is 5.32 Å². The molecule has 30 heavy (non-hydrogen) atoms. The molecule has 0 aliphatic carbocycles. The predicted molar refractivity (Wildman–Crippen MR) is 126 cm³/mol. The SMILES string of the molecule is C/C=C/C=C/CC1C/C=C/C=C/C=C/C=C\C(O)C(O)/C=C(C)/C=C/C=C/C(=O)N1. The topological polar surface area (TPSA) is 69.6 Å². The fourth-order valence-electron chi connectivity index (χ4n) is 2.54. The lowest BCUT2D eigenvalue weighted by Crippen LogP contribution is -2.32. The Kier molecular flexibility index (Phi) is 13.3. The van der Waals surface area contributed by atoms with Crippen molar-refractivity contribution < 1.29 is 15.0 Å². The molecule has 1 amide bonds. The Labute approximate surface area is 180 Å². The van der Waals surface area contributed by atoms with Gasteiger partial charge in [-0.2, -0.15) is 0 Å². The van der Waals surface area contributed by atoms with Crippen molar-refractivity contribution in [3.8, 4) is 0 Å². The largest absolute Gasteiger partial charge is 0.386 e. The molecule has 0 saturated heterocycles. The summed E-state index contributed by atoms with van der Waals surface area (Å²) in [7, 11) is 0. The first-order valence-electron chi connectivity index (χ1n) is 10.2. The quantitative estimate of drug-likeness (QED) is 0.607. The van der Waals surface area contributed by atoms with Crippen molar-refractivity contribution in [1.29, 1.82) is 0 Å². The van der Waals surface area contributed by atoms with Crippen LogP contribution in [0.2, 0.25) is 0 Å². The molecule has 1 heterocycles. The fraction of sp³-hybridized carbons (Fsp3) is 0.269. The Morgan fingerprint density at radius 3 is 2.43 bits per heavy atom. The maximum absolute atomic E-state index is 12.2. The van der Waals surface area contributed by atoms with Crippen LogP contribution in [0.3, 0.4) is 0 Å². The summed E-state index contributed by atoms with van der Waals surface area (Å²) in [6, 6.07) is -0.000348. The molecule has 0 aromatic rings. The van der Waals surface area contributed by atoms with Crippen LogP contribution in [0.1, 0.15) is 26.7 Å². The Bertz CT molecular complexity index is 776. The molecule has 4 nitrogen and oxygen atoms in total. The minimum absolute atomic E-state index is 0.000348. The molecule has 4 heteroatoms. The second-order valence-corrected chi connectivity index (χ2v) is 6.82. The molecule has 0 aromatic carbocycles. The second kappa shape index (κ2) is 15.9. The number of rotatable bonds is 3. The van der Waals surface area contributed by atoms with Gasteiger partial charge in [0, 0.05) is 12.1 Å². The number of carbonyl (C=O) groups is 1. The second-order valence-electron chi connectivity index (χ2n) is 6.82. The summed E-state index contributed by atoms with van der Waals surface area (Å²) in [5.74, 6) is -0.160. The van der Waals surface area contributed by atoms with Gasteiger partial charge in [0.1, 0.15) is 12.2 Å². The van der Waals surface area contributed by atoms with Crippen LogP contribution in [0.4, 0.5) is 0 Å². The van der Waals surface area contributed by atoms with E-state index in [1.54, 1.807) is 36.5 Å². The third-order valence-corrected chi connectivity index (χ3v) is 4.13. The van der Waals surface area contributed by atoms with Crippen molar-refractivity contribution >= 4 is 5.91 Å². The molecule has 0 saturated carbocycles. The van der Waals surface area contributed by atoms with Crippen molar-refractivity contribution in [3.63, 3.8) is 0 Å². The predicted octanol–water partition coefficient (Wildman–Crippen LogP) is 4.40. The van der Waals surface area contributed by atoms with Crippen molar-refractivity contribution in [2.75, 3.05) is 0 Å². The third-order valence-electron chi connectivity index (χ3n) is 4.13. The summed E-state index contributed by atoms with van der Waals surface area (Å²) in [6.45, 7) is 3.78. The monoisotopic (exact) mass is 407 g/mol. The lowest BCUT2D eigenvalue weighted by molar-refractivity contribution is -0.117. The van der Waals surface area contributed by atoms with Gasteiger partial charge in [0.15, 0.2) is 0 Å². The van der Waals surface area contributed by atoms with E-state index < -0.39 is 12.2 Å². The van der Waals surface area contributed by atoms with Crippen LogP contribution in [0.25, 0.3) is 0 Å². The van der Waals surface area contributed by atoms with Crippen LogP contribution in [0.5, 0.6) is 0 Å². The summed E-state index contributed by atoms with van der Waals surface area (Å²) >= 11 is 0. The zero-order chi connectivity index (χ0) is 22.0. The molecular weight excluding hydrogens is 374 g/mol. The number of allylic oxidation sites excluding steroid dienone is 13. The number of aliphatic hydroxyl groups is 2. The van der Waals surface area contributed by atoms with E-state index in [2.05, 4.69) is 5.32 Å². The molecule has 3 unspecified atom stereocenters. The van der Waals surface area contributed by atoms with E-state index in [0.29, 0.717) is 0 Å². The van der Waals surface area contributed by atoms with Gasteiger partial charge in [-0.1, -0.05) is 103 Å². The molecule has 0 aromatic heterocycles. The molecule has 0 bridgehead atoms. The molecule has 0 radical (unpaired) electrons. The first kappa shape index (κ1) is 25.1. The smallest absolute Gasteiger partial charge is 0.244 e. The summed E-state index contributed by atoms with van der Waals surface area (Å²) in [5.41, 5.74) is 0.782. The van der Waals surface area contributed by atoms with Crippen molar-refractivity contribution in [3.05, 3.63) is 109 Å². The average molecular weight is 408 g/mol. The first-order chi connectivity index (χ1) is 14.5. The molecule has 1 aliphatic rings. The van der Waals surface area contributed by atoms with Crippen LogP contribution in [-0.2, 0) is 4.79 Å². The zero-order valence-electron chi connectivity index (χ0n) is 17.8. The Hall–Kier alpha value is -2.95. The summed E-state index contributed by atoms with van der Waals surface area (Å²) in [4.78, 5) is 12.2. The molecule has 1 aliphatic heterocycles. The number of nitrogens with one attached hydrogen (secondary N) is 1. The van der Waals surface area contributed by atoms with Crippen LogP contribution in [0.15, 0.2) is 109 Å². The van der Waals surface area contributed by atoms with Gasteiger partial charge in [0.25, 0.3) is 0 Å². The van der Waals surface area contributed by atoms with E-state index in [9.17, 15) is 15.0 Å². The van der Waals surface area contributed by atoms with Gasteiger partial charge in [-0.25, -0.2) is 0 Å². The highest BCUT2D eigenvalue weighted by molar-refractivity contribution is 5.88. The highest BCUT2D eigenvalue weighted by Gasteiger charge is 2.09. The highest BCUT2D eigenvalue weighted by atomic mass is 16.3. The van der Waals surface area contributed by atoms with Gasteiger partial charge in [-0.3, -0.25) is 4.79 Å². The van der Waals surface area contributed by atoms with Gasteiger partial charge < -0.3 is 15.5 Å². The number of carbonyl (C=O) groups excluding carboxylic acids is 1. The Morgan fingerprint density at radius 1 is 0.967 bits per heavy atom. The summed E-state index contributed by atoms with van der Waals surface area (Å²) in [6.07, 6.45) is 30.2. The number of hydrogen-bond acceptors (Lipinski definition) is 3. The van der Waals surface area contributed by atoms with Crippen LogP contribution in [0, 0.1) is 0 Å². The number of hydrogen-bond donors (Lipinski definition) is 3. The molecule has 3 N–H and O–H groups in total. The minimum Gasteiger partial charge on any atom is -0.386 e. The van der Waals surface area contributed by atoms with E-state index in [1.165, 1.54) is 12.2 Å². The molecule has 160 valence electrons. The van der Waals surface area contributed by atoms with Crippen molar-refractivity contribution in [1.82, 2.24) is 5.32 Å². The molecule has 0 fully saturated rings. The molecule has 3 atom stereocenters. The maximum Gasteiger partial charge on any atom is 0.244 e. The van der Waals surface area contributed by atoms with Gasteiger partial charge in [-0.15, -0.1) is 0 Å². The van der Waals surface area contributed by atoms with E-state index in [4.69, 9.17) is 0 Å². The lowest BCUT2D eigenvalue weighted by atomic mass is 10.1. The van der Waals surface area contributed by atoms with E-state index in [1.807, 2.05) is 68.5 Å². The Balaban J connectivity index is 2.95. The normalized spacial score (nSPS) is 32.6. The minimum atomic E-state index is -1.01. The lowest BCUT2D eigenvalue weighted by Gasteiger charge is -2.14. The van der Waals surface area contributed by atoms with E-state index in [-0.39, 0.29) is 11.9 Å². The molecule has 0 spiro atoms. The summed E-state index contributed by atoms with van der Waals surface area (Å²) in [5, 5.41) is 23.0. The number of aliphatic hydroxyl groups excluding tert-OH is 2. The van der Waals surface area contributed by atoms with Crippen LogP contribution in [-0.4, -0.2) is 34.4 Å². The van der Waals surface area contributed by atoms with Gasteiger partial charge in [0.05, 0.1) is 0 Å². The van der Waals surface area contributed by atoms with Gasteiger partial charge in [0.2, 0.25) is 5.91 Å². The maximum atomic E-state index is 12.2. The third kappa shape index (κ3) is 12.5. The first-order valence-corrected chi connectivity index (χ1v) is 10.2. The average Bonchev–Trinajstić information content (AvgIpc) is 2.71. The van der Waals surface area contributed by atoms with Crippen molar-refractivity contribution in [2.45, 2.75) is 44.9 Å². The van der Waals surface area contributed by atoms with E-state index in [0.717, 1.165) is 18.4 Å². The Morgan fingerprint density at radius 2 is 1.67 bits per heavy atom. The van der Waals surface area contributed by atoms with Crippen molar-refractivity contribution in [2.24, 2.45) is 0 Å². The van der Waals surface area contributed by atoms with E-state index >= 15 is 0 Å². The van der Waals surface area contributed by atoms with Gasteiger partial charge in [-0.05, 0) is 26.7 Å². The molecular formula is C26H33NO3. The summed E-state index contributed by atoms with van der Waals surface area (Å²) < 4.78 is 0. The number of amides is 1. The van der Waals surface area contributed by atoms with Crippen LogP contribution >= 0.6 is 0 Å².